The summed E-state index contributed by atoms with van der Waals surface area (Å²) in [5.41, 5.74) is 0.570. The number of rotatable bonds is 4. The van der Waals surface area contributed by atoms with E-state index < -0.39 is 6.09 Å². The van der Waals surface area contributed by atoms with Gasteiger partial charge in [-0.3, -0.25) is 5.32 Å². The molecule has 0 bridgehead atoms. The van der Waals surface area contributed by atoms with E-state index in [1.54, 1.807) is 36.4 Å². The van der Waals surface area contributed by atoms with Crippen LogP contribution in [0.4, 0.5) is 4.79 Å². The van der Waals surface area contributed by atoms with Gasteiger partial charge in [0.25, 0.3) is 0 Å². The Morgan fingerprint density at radius 1 is 1.25 bits per heavy atom. The van der Waals surface area contributed by atoms with E-state index in [0.29, 0.717) is 21.4 Å². The predicted molar refractivity (Wildman–Crippen MR) is 77.5 cm³/mol. The highest BCUT2D eigenvalue weighted by molar-refractivity contribution is 6.35. The predicted octanol–water partition coefficient (Wildman–Crippen LogP) is 4.48. The summed E-state index contributed by atoms with van der Waals surface area (Å²) in [5, 5.41) is 3.35. The lowest BCUT2D eigenvalue weighted by Gasteiger charge is -2.07. The first kappa shape index (κ1) is 14.5. The maximum atomic E-state index is 11.5. The van der Waals surface area contributed by atoms with Crippen LogP contribution < -0.4 is 5.32 Å². The number of alkyl carbamates (subject to hydrolysis) is 1. The van der Waals surface area contributed by atoms with Crippen molar-refractivity contribution in [3.63, 3.8) is 0 Å². The molecule has 0 saturated heterocycles. The third-order valence-electron chi connectivity index (χ3n) is 2.40. The van der Waals surface area contributed by atoms with Crippen molar-refractivity contribution < 1.29 is 13.9 Å². The Balaban J connectivity index is 1.83. The molecule has 6 heteroatoms. The van der Waals surface area contributed by atoms with Crippen molar-refractivity contribution in [3.8, 4) is 0 Å². The Morgan fingerprint density at radius 2 is 2.00 bits per heavy atom. The van der Waals surface area contributed by atoms with Crippen LogP contribution in [0, 0.1) is 0 Å². The first-order chi connectivity index (χ1) is 9.66. The zero-order valence-corrected chi connectivity index (χ0v) is 11.8. The lowest BCUT2D eigenvalue weighted by molar-refractivity contribution is 0.143. The van der Waals surface area contributed by atoms with Crippen LogP contribution in [0.1, 0.15) is 11.3 Å². The van der Waals surface area contributed by atoms with Crippen molar-refractivity contribution in [2.45, 2.75) is 6.61 Å². The van der Waals surface area contributed by atoms with Crippen LogP contribution in [0.2, 0.25) is 10.0 Å². The Morgan fingerprint density at radius 3 is 2.65 bits per heavy atom. The molecule has 0 spiro atoms. The molecule has 0 aliphatic carbocycles. The molecule has 0 atom stereocenters. The Labute approximate surface area is 125 Å². The molecule has 4 nitrogen and oxygen atoms in total. The van der Waals surface area contributed by atoms with Crippen molar-refractivity contribution >= 4 is 35.4 Å². The molecule has 0 aliphatic rings. The molecular formula is C14H11Cl2NO3. The normalized spacial score (nSPS) is 10.7. The number of carbonyl (C=O) groups excluding carboxylic acids is 1. The van der Waals surface area contributed by atoms with E-state index in [1.165, 1.54) is 12.5 Å². The summed E-state index contributed by atoms with van der Waals surface area (Å²) < 4.78 is 10.1. The van der Waals surface area contributed by atoms with Gasteiger partial charge in [0.15, 0.2) is 0 Å². The zero-order chi connectivity index (χ0) is 14.4. The highest BCUT2D eigenvalue weighted by atomic mass is 35.5. The highest BCUT2D eigenvalue weighted by Gasteiger charge is 2.08. The van der Waals surface area contributed by atoms with E-state index in [2.05, 4.69) is 5.32 Å². The minimum absolute atomic E-state index is 0.00106. The van der Waals surface area contributed by atoms with Gasteiger partial charge in [-0.15, -0.1) is 0 Å². The Bertz CT molecular complexity index is 589. The number of hydrogen-bond donors (Lipinski definition) is 1. The fourth-order valence-corrected chi connectivity index (χ4v) is 1.93. The van der Waals surface area contributed by atoms with Gasteiger partial charge >= 0.3 is 6.09 Å². The molecule has 0 radical (unpaired) electrons. The number of benzene rings is 1. The van der Waals surface area contributed by atoms with Crippen molar-refractivity contribution in [1.82, 2.24) is 5.32 Å². The first-order valence-electron chi connectivity index (χ1n) is 5.73. The minimum atomic E-state index is -0.608. The summed E-state index contributed by atoms with van der Waals surface area (Å²) in [7, 11) is 0. The summed E-state index contributed by atoms with van der Waals surface area (Å²) in [4.78, 5) is 11.5. The van der Waals surface area contributed by atoms with Crippen LogP contribution in [0.15, 0.2) is 47.2 Å². The van der Waals surface area contributed by atoms with E-state index in [0.717, 1.165) is 0 Å². The third-order valence-corrected chi connectivity index (χ3v) is 3.11. The summed E-state index contributed by atoms with van der Waals surface area (Å²) in [5.74, 6) is 0.624. The van der Waals surface area contributed by atoms with Crippen LogP contribution in [0.25, 0.3) is 6.08 Å². The van der Waals surface area contributed by atoms with Gasteiger partial charge in [-0.05, 0) is 30.3 Å². The highest BCUT2D eigenvalue weighted by Crippen LogP contribution is 2.24. The smallest absolute Gasteiger partial charge is 0.411 e. The number of carbonyl (C=O) groups is 1. The number of nitrogens with one attached hydrogen (secondary N) is 1. The van der Waals surface area contributed by atoms with Crippen molar-refractivity contribution in [1.29, 1.82) is 0 Å². The molecule has 0 unspecified atom stereocenters. The van der Waals surface area contributed by atoms with Gasteiger partial charge in [-0.1, -0.05) is 29.3 Å². The van der Waals surface area contributed by atoms with Gasteiger partial charge in [-0.25, -0.2) is 4.79 Å². The molecule has 20 heavy (non-hydrogen) atoms. The lowest BCUT2D eigenvalue weighted by Crippen LogP contribution is -2.18. The van der Waals surface area contributed by atoms with E-state index >= 15 is 0 Å². The Hall–Kier alpha value is -1.91. The quantitative estimate of drug-likeness (QED) is 0.905. The molecule has 0 saturated carbocycles. The number of halogens is 2. The van der Waals surface area contributed by atoms with Crippen LogP contribution in [-0.4, -0.2) is 6.09 Å². The first-order valence-corrected chi connectivity index (χ1v) is 6.48. The monoisotopic (exact) mass is 311 g/mol. The topological polar surface area (TPSA) is 51.5 Å². The van der Waals surface area contributed by atoms with Crippen LogP contribution in [-0.2, 0) is 11.3 Å². The summed E-state index contributed by atoms with van der Waals surface area (Å²) >= 11 is 11.9. The molecule has 1 aromatic heterocycles. The standard InChI is InChI=1S/C14H11Cl2NO3/c15-12-4-1-5-13(16)11(12)9-20-14(18)17-7-6-10-3-2-8-19-10/h1-8H,9H2,(H,17,18)/b7-6+. The lowest BCUT2D eigenvalue weighted by atomic mass is 10.2. The summed E-state index contributed by atoms with van der Waals surface area (Å²) in [6, 6.07) is 8.59. The van der Waals surface area contributed by atoms with Gasteiger partial charge in [0, 0.05) is 21.8 Å². The van der Waals surface area contributed by atoms with Crippen molar-refractivity contribution in [2.24, 2.45) is 0 Å². The van der Waals surface area contributed by atoms with E-state index in [4.69, 9.17) is 32.4 Å². The van der Waals surface area contributed by atoms with Crippen LogP contribution >= 0.6 is 23.2 Å². The average Bonchev–Trinajstić information content (AvgIpc) is 2.91. The minimum Gasteiger partial charge on any atom is -0.465 e. The SMILES string of the molecule is O=C(N/C=C/c1ccco1)OCc1c(Cl)cccc1Cl. The van der Waals surface area contributed by atoms with Gasteiger partial charge < -0.3 is 9.15 Å². The Kier molecular flexibility index (Phi) is 5.09. The second-order valence-electron chi connectivity index (χ2n) is 3.77. The van der Waals surface area contributed by atoms with E-state index in [9.17, 15) is 4.79 Å². The number of furan rings is 1. The molecule has 1 N–H and O–H groups in total. The van der Waals surface area contributed by atoms with E-state index in [-0.39, 0.29) is 6.61 Å². The van der Waals surface area contributed by atoms with E-state index in [1.807, 2.05) is 0 Å². The fourth-order valence-electron chi connectivity index (χ4n) is 1.43. The molecule has 104 valence electrons. The molecule has 1 amide bonds. The molecule has 0 aliphatic heterocycles. The second kappa shape index (κ2) is 7.03. The maximum absolute atomic E-state index is 11.5. The van der Waals surface area contributed by atoms with Crippen molar-refractivity contribution in [3.05, 3.63) is 64.2 Å². The third kappa shape index (κ3) is 4.05. The molecule has 0 fully saturated rings. The molecule has 1 heterocycles. The van der Waals surface area contributed by atoms with Gasteiger partial charge in [0.1, 0.15) is 12.4 Å². The zero-order valence-electron chi connectivity index (χ0n) is 10.3. The fraction of sp³-hybridized carbons (Fsp3) is 0.0714. The number of ether oxygens (including phenoxy) is 1. The average molecular weight is 312 g/mol. The maximum Gasteiger partial charge on any atom is 0.411 e. The largest absolute Gasteiger partial charge is 0.465 e. The molecule has 2 aromatic rings. The van der Waals surface area contributed by atoms with Crippen molar-refractivity contribution in [2.75, 3.05) is 0 Å². The summed E-state index contributed by atoms with van der Waals surface area (Å²) in [6.07, 6.45) is 3.96. The van der Waals surface area contributed by atoms with Gasteiger partial charge in [0.05, 0.1) is 6.26 Å². The van der Waals surface area contributed by atoms with Crippen LogP contribution in [0.3, 0.4) is 0 Å². The molecule has 2 rings (SSSR count). The summed E-state index contributed by atoms with van der Waals surface area (Å²) in [6.45, 7) is -0.00106. The second-order valence-corrected chi connectivity index (χ2v) is 4.58. The molecular weight excluding hydrogens is 301 g/mol. The van der Waals surface area contributed by atoms with Gasteiger partial charge in [0.2, 0.25) is 0 Å². The number of amides is 1. The van der Waals surface area contributed by atoms with Crippen LogP contribution in [0.5, 0.6) is 0 Å². The number of hydrogen-bond acceptors (Lipinski definition) is 3. The molecule has 1 aromatic carbocycles. The van der Waals surface area contributed by atoms with Gasteiger partial charge in [-0.2, -0.15) is 0 Å².